The highest BCUT2D eigenvalue weighted by Crippen LogP contribution is 2.27. The van der Waals surface area contributed by atoms with E-state index in [-0.39, 0.29) is 24.4 Å². The van der Waals surface area contributed by atoms with Crippen LogP contribution >= 0.6 is 35.6 Å². The molecule has 1 aliphatic heterocycles. The van der Waals surface area contributed by atoms with Gasteiger partial charge in [0.15, 0.2) is 0 Å². The highest BCUT2D eigenvalue weighted by molar-refractivity contribution is 6.43. The molecule has 1 amide bonds. The summed E-state index contributed by atoms with van der Waals surface area (Å²) in [6, 6.07) is 5.13. The minimum Gasteiger partial charge on any atom is -0.337 e. The number of nitrogens with two attached hydrogens (primary N) is 1. The number of likely N-dealkylation sites (tertiary alicyclic amines) is 1. The summed E-state index contributed by atoms with van der Waals surface area (Å²) in [5.74, 6) is -0.0968. The average molecular weight is 296 g/mol. The van der Waals surface area contributed by atoms with Crippen molar-refractivity contribution in [3.63, 3.8) is 0 Å². The lowest BCUT2D eigenvalue weighted by molar-refractivity contribution is 0.0791. The molecule has 1 aromatic carbocycles. The Bertz CT molecular complexity index is 425. The second-order valence-corrected chi connectivity index (χ2v) is 4.69. The first kappa shape index (κ1) is 14.6. The molecular weight excluding hydrogens is 282 g/mol. The molecule has 1 fully saturated rings. The number of nitrogens with zero attached hydrogens (tertiary/aromatic N) is 1. The first-order chi connectivity index (χ1) is 7.59. The lowest BCUT2D eigenvalue weighted by atomic mass is 10.2. The van der Waals surface area contributed by atoms with Crippen molar-refractivity contribution in [2.75, 3.05) is 13.1 Å². The molecule has 0 aliphatic carbocycles. The summed E-state index contributed by atoms with van der Waals surface area (Å²) < 4.78 is 0. The largest absolute Gasteiger partial charge is 0.337 e. The first-order valence-corrected chi connectivity index (χ1v) is 5.84. The molecule has 1 aliphatic rings. The van der Waals surface area contributed by atoms with Crippen LogP contribution in [0.2, 0.25) is 10.0 Å². The van der Waals surface area contributed by atoms with Crippen molar-refractivity contribution < 1.29 is 4.79 Å². The van der Waals surface area contributed by atoms with E-state index < -0.39 is 0 Å². The predicted molar refractivity (Wildman–Crippen MR) is 72.2 cm³/mol. The van der Waals surface area contributed by atoms with E-state index in [1.54, 1.807) is 23.1 Å². The average Bonchev–Trinajstić information content (AvgIpc) is 2.68. The van der Waals surface area contributed by atoms with Crippen molar-refractivity contribution in [2.45, 2.75) is 12.5 Å². The maximum atomic E-state index is 12.1. The number of carbonyl (C=O) groups is 1. The van der Waals surface area contributed by atoms with Crippen molar-refractivity contribution in [1.82, 2.24) is 4.90 Å². The number of halogens is 3. The van der Waals surface area contributed by atoms with Gasteiger partial charge < -0.3 is 10.6 Å². The molecule has 6 heteroatoms. The van der Waals surface area contributed by atoms with Crippen LogP contribution in [0.5, 0.6) is 0 Å². The number of carbonyl (C=O) groups excluding carboxylic acids is 1. The third-order valence-electron chi connectivity index (χ3n) is 2.69. The van der Waals surface area contributed by atoms with Gasteiger partial charge in [0.1, 0.15) is 0 Å². The quantitative estimate of drug-likeness (QED) is 0.865. The van der Waals surface area contributed by atoms with Crippen LogP contribution in [0, 0.1) is 0 Å². The molecule has 2 N–H and O–H groups in total. The molecule has 17 heavy (non-hydrogen) atoms. The monoisotopic (exact) mass is 294 g/mol. The van der Waals surface area contributed by atoms with Gasteiger partial charge in [-0.15, -0.1) is 12.4 Å². The van der Waals surface area contributed by atoms with Crippen LogP contribution in [0.1, 0.15) is 16.8 Å². The van der Waals surface area contributed by atoms with E-state index in [0.29, 0.717) is 28.7 Å². The van der Waals surface area contributed by atoms with Gasteiger partial charge in [-0.1, -0.05) is 29.3 Å². The second-order valence-electron chi connectivity index (χ2n) is 3.90. The summed E-state index contributed by atoms with van der Waals surface area (Å²) in [6.07, 6.45) is 0.837. The molecule has 0 spiro atoms. The molecule has 94 valence electrons. The van der Waals surface area contributed by atoms with Gasteiger partial charge in [0.25, 0.3) is 5.91 Å². The Kier molecular flexibility index (Phi) is 5.07. The van der Waals surface area contributed by atoms with Crippen LogP contribution in [0.3, 0.4) is 0 Å². The van der Waals surface area contributed by atoms with Crippen LogP contribution < -0.4 is 5.73 Å². The molecular formula is C11H13Cl3N2O. The highest BCUT2D eigenvalue weighted by atomic mass is 35.5. The van der Waals surface area contributed by atoms with E-state index in [4.69, 9.17) is 28.9 Å². The Hall–Kier alpha value is -0.480. The number of amides is 1. The zero-order valence-electron chi connectivity index (χ0n) is 9.03. The molecule has 0 saturated carbocycles. The Labute approximate surface area is 116 Å². The summed E-state index contributed by atoms with van der Waals surface area (Å²) in [7, 11) is 0. The SMILES string of the molecule is Cl.NC1CCN(C(=O)c2cccc(Cl)c2Cl)C1. The van der Waals surface area contributed by atoms with Crippen molar-refractivity contribution in [3.8, 4) is 0 Å². The molecule has 1 aromatic rings. The van der Waals surface area contributed by atoms with Gasteiger partial charge in [-0.25, -0.2) is 0 Å². The summed E-state index contributed by atoms with van der Waals surface area (Å²) in [6.45, 7) is 1.27. The number of hydrogen-bond donors (Lipinski definition) is 1. The Balaban J connectivity index is 0.00000144. The molecule has 1 heterocycles. The van der Waals surface area contributed by atoms with Gasteiger partial charge in [0.05, 0.1) is 15.6 Å². The Morgan fingerprint density at radius 1 is 1.41 bits per heavy atom. The van der Waals surface area contributed by atoms with Crippen molar-refractivity contribution >= 4 is 41.5 Å². The third kappa shape index (κ3) is 3.05. The van der Waals surface area contributed by atoms with E-state index in [1.165, 1.54) is 0 Å². The van der Waals surface area contributed by atoms with Gasteiger partial charge in [0.2, 0.25) is 0 Å². The Morgan fingerprint density at radius 2 is 2.12 bits per heavy atom. The van der Waals surface area contributed by atoms with Crippen molar-refractivity contribution in [3.05, 3.63) is 33.8 Å². The van der Waals surface area contributed by atoms with Gasteiger partial charge >= 0.3 is 0 Å². The van der Waals surface area contributed by atoms with Crippen molar-refractivity contribution in [1.29, 1.82) is 0 Å². The summed E-state index contributed by atoms with van der Waals surface area (Å²) in [5.41, 5.74) is 6.20. The smallest absolute Gasteiger partial charge is 0.255 e. The van der Waals surface area contributed by atoms with E-state index in [9.17, 15) is 4.79 Å². The lowest BCUT2D eigenvalue weighted by Gasteiger charge is -2.16. The number of benzene rings is 1. The second kappa shape index (κ2) is 5.91. The van der Waals surface area contributed by atoms with Gasteiger partial charge in [-0.3, -0.25) is 4.79 Å². The highest BCUT2D eigenvalue weighted by Gasteiger charge is 2.26. The minimum atomic E-state index is -0.0968. The minimum absolute atomic E-state index is 0. The summed E-state index contributed by atoms with van der Waals surface area (Å²) >= 11 is 11.9. The molecule has 1 saturated heterocycles. The fourth-order valence-corrected chi connectivity index (χ4v) is 2.19. The zero-order valence-corrected chi connectivity index (χ0v) is 11.4. The van der Waals surface area contributed by atoms with Gasteiger partial charge in [-0.05, 0) is 18.6 Å². The fourth-order valence-electron chi connectivity index (χ4n) is 1.81. The van der Waals surface area contributed by atoms with E-state index >= 15 is 0 Å². The van der Waals surface area contributed by atoms with E-state index in [1.807, 2.05) is 0 Å². The summed E-state index contributed by atoms with van der Waals surface area (Å²) in [4.78, 5) is 13.8. The number of rotatable bonds is 1. The Morgan fingerprint density at radius 3 is 2.71 bits per heavy atom. The zero-order chi connectivity index (χ0) is 11.7. The van der Waals surface area contributed by atoms with Crippen LogP contribution in [0.4, 0.5) is 0 Å². The van der Waals surface area contributed by atoms with Gasteiger partial charge in [0, 0.05) is 19.1 Å². The lowest BCUT2D eigenvalue weighted by Crippen LogP contribution is -2.32. The predicted octanol–water partition coefficient (Wildman–Crippen LogP) is 2.59. The maximum absolute atomic E-state index is 12.1. The van der Waals surface area contributed by atoms with Crippen LogP contribution in [0.15, 0.2) is 18.2 Å². The summed E-state index contributed by atoms with van der Waals surface area (Å²) in [5, 5.41) is 0.714. The van der Waals surface area contributed by atoms with Crippen LogP contribution in [0.25, 0.3) is 0 Å². The molecule has 1 unspecified atom stereocenters. The van der Waals surface area contributed by atoms with E-state index in [0.717, 1.165) is 6.42 Å². The van der Waals surface area contributed by atoms with Crippen LogP contribution in [-0.2, 0) is 0 Å². The van der Waals surface area contributed by atoms with Gasteiger partial charge in [-0.2, -0.15) is 0 Å². The van der Waals surface area contributed by atoms with E-state index in [2.05, 4.69) is 0 Å². The molecule has 0 aromatic heterocycles. The normalized spacial score (nSPS) is 19.0. The van der Waals surface area contributed by atoms with Crippen LogP contribution in [-0.4, -0.2) is 29.9 Å². The molecule has 2 rings (SSSR count). The molecule has 1 atom stereocenters. The topological polar surface area (TPSA) is 46.3 Å². The first-order valence-electron chi connectivity index (χ1n) is 5.08. The molecule has 0 bridgehead atoms. The number of hydrogen-bond acceptors (Lipinski definition) is 2. The van der Waals surface area contributed by atoms with Crippen molar-refractivity contribution in [2.24, 2.45) is 5.73 Å². The molecule has 0 radical (unpaired) electrons. The maximum Gasteiger partial charge on any atom is 0.255 e. The standard InChI is InChI=1S/C11H12Cl2N2O.ClH/c12-9-3-1-2-8(10(9)13)11(16)15-5-4-7(14)6-15;/h1-3,7H,4-6,14H2;1H. The molecule has 3 nitrogen and oxygen atoms in total. The third-order valence-corrected chi connectivity index (χ3v) is 3.51. The fraction of sp³-hybridized carbons (Fsp3) is 0.364.